The first kappa shape index (κ1) is 10.5. The first-order valence-corrected chi connectivity index (χ1v) is 4.96. The number of hydrogen-bond donors (Lipinski definition) is 2. The van der Waals surface area contributed by atoms with E-state index >= 15 is 0 Å². The van der Waals surface area contributed by atoms with Gasteiger partial charge in [0.1, 0.15) is 0 Å². The fraction of sp³-hybridized carbons (Fsp3) is 0.889. The Morgan fingerprint density at radius 3 is 1.85 bits per heavy atom. The van der Waals surface area contributed by atoms with Gasteiger partial charge in [-0.05, 0) is 6.42 Å². The zero-order valence-electron chi connectivity index (χ0n) is 8.31. The minimum Gasteiger partial charge on any atom is -0.346 e. The van der Waals surface area contributed by atoms with E-state index in [0.29, 0.717) is 5.91 Å². The maximum absolute atomic E-state index is 10.5. The number of carbonyl (C=O) groups is 1. The standard InChI is InChI=1S/C5H9NO.C4H10N2/c1-6-4-2-3-5(6)7;1-2-6-4-3-5-1/h2-4H2,1H3;5-6H,1-4H2. The lowest BCUT2D eigenvalue weighted by molar-refractivity contribution is -0.126. The quantitative estimate of drug-likeness (QED) is 0.530. The lowest BCUT2D eigenvalue weighted by atomic mass is 10.4. The Bertz CT molecular complexity index is 145. The summed E-state index contributed by atoms with van der Waals surface area (Å²) in [6, 6.07) is 0. The molecule has 0 aromatic rings. The van der Waals surface area contributed by atoms with Crippen LogP contribution in [-0.2, 0) is 4.79 Å². The summed E-state index contributed by atoms with van der Waals surface area (Å²) in [5.74, 6) is 0.292. The molecule has 2 rings (SSSR count). The van der Waals surface area contributed by atoms with Crippen molar-refractivity contribution < 1.29 is 4.79 Å². The number of nitrogens with one attached hydrogen (secondary N) is 2. The second kappa shape index (κ2) is 5.94. The van der Waals surface area contributed by atoms with Crippen LogP contribution in [0.5, 0.6) is 0 Å². The van der Waals surface area contributed by atoms with Crippen molar-refractivity contribution in [1.82, 2.24) is 15.5 Å². The first-order chi connectivity index (χ1) is 6.30. The monoisotopic (exact) mass is 185 g/mol. The summed E-state index contributed by atoms with van der Waals surface area (Å²) in [5, 5.41) is 6.44. The topological polar surface area (TPSA) is 44.4 Å². The average Bonchev–Trinajstić information content (AvgIpc) is 2.55. The van der Waals surface area contributed by atoms with Crippen LogP contribution in [-0.4, -0.2) is 50.6 Å². The van der Waals surface area contributed by atoms with E-state index in [1.807, 2.05) is 7.05 Å². The van der Waals surface area contributed by atoms with E-state index < -0.39 is 0 Å². The van der Waals surface area contributed by atoms with E-state index in [9.17, 15) is 4.79 Å². The molecule has 2 fully saturated rings. The zero-order valence-corrected chi connectivity index (χ0v) is 8.31. The van der Waals surface area contributed by atoms with Crippen molar-refractivity contribution in [2.45, 2.75) is 12.8 Å². The van der Waals surface area contributed by atoms with Gasteiger partial charge < -0.3 is 15.5 Å². The molecule has 2 aliphatic rings. The van der Waals surface area contributed by atoms with Gasteiger partial charge >= 0.3 is 0 Å². The lowest BCUT2D eigenvalue weighted by Crippen LogP contribution is -2.39. The first-order valence-electron chi connectivity index (χ1n) is 4.96. The van der Waals surface area contributed by atoms with E-state index in [1.165, 1.54) is 0 Å². The van der Waals surface area contributed by atoms with Gasteiger partial charge in [0, 0.05) is 46.2 Å². The minimum atomic E-state index is 0.292. The van der Waals surface area contributed by atoms with Gasteiger partial charge in [-0.3, -0.25) is 4.79 Å². The van der Waals surface area contributed by atoms with E-state index in [0.717, 1.165) is 45.6 Å². The molecular weight excluding hydrogens is 166 g/mol. The predicted octanol–water partition coefficient (Wildman–Crippen LogP) is -0.582. The summed E-state index contributed by atoms with van der Waals surface area (Å²) in [6.45, 7) is 5.51. The summed E-state index contributed by atoms with van der Waals surface area (Å²) in [6.07, 6.45) is 1.81. The smallest absolute Gasteiger partial charge is 0.222 e. The molecule has 2 saturated heterocycles. The molecule has 4 nitrogen and oxygen atoms in total. The van der Waals surface area contributed by atoms with E-state index in [4.69, 9.17) is 0 Å². The largest absolute Gasteiger partial charge is 0.346 e. The molecular formula is C9H19N3O. The normalized spacial score (nSPS) is 22.5. The van der Waals surface area contributed by atoms with Gasteiger partial charge in [0.05, 0.1) is 0 Å². The molecule has 2 heterocycles. The highest BCUT2D eigenvalue weighted by atomic mass is 16.2. The van der Waals surface area contributed by atoms with Gasteiger partial charge in [0.25, 0.3) is 0 Å². The molecule has 2 aliphatic heterocycles. The molecule has 0 aromatic heterocycles. The predicted molar refractivity (Wildman–Crippen MR) is 52.6 cm³/mol. The van der Waals surface area contributed by atoms with Gasteiger partial charge in [-0.15, -0.1) is 0 Å². The summed E-state index contributed by atoms with van der Waals surface area (Å²) in [7, 11) is 1.84. The number of piperazine rings is 1. The number of hydrogen-bond acceptors (Lipinski definition) is 3. The molecule has 13 heavy (non-hydrogen) atoms. The molecule has 4 heteroatoms. The van der Waals surface area contributed by atoms with Crippen molar-refractivity contribution in [3.8, 4) is 0 Å². The molecule has 76 valence electrons. The van der Waals surface area contributed by atoms with Crippen molar-refractivity contribution in [3.05, 3.63) is 0 Å². The third-order valence-corrected chi connectivity index (χ3v) is 2.27. The Labute approximate surface area is 79.7 Å². The Morgan fingerprint density at radius 1 is 1.15 bits per heavy atom. The number of nitrogens with zero attached hydrogens (tertiary/aromatic N) is 1. The maximum Gasteiger partial charge on any atom is 0.222 e. The van der Waals surface area contributed by atoms with Crippen LogP contribution in [0.4, 0.5) is 0 Å². The summed E-state index contributed by atoms with van der Waals surface area (Å²) >= 11 is 0. The number of rotatable bonds is 0. The van der Waals surface area contributed by atoms with Crippen LogP contribution in [0, 0.1) is 0 Å². The van der Waals surface area contributed by atoms with Crippen LogP contribution >= 0.6 is 0 Å². The Hall–Kier alpha value is -0.610. The Morgan fingerprint density at radius 2 is 1.69 bits per heavy atom. The van der Waals surface area contributed by atoms with Crippen molar-refractivity contribution in [2.75, 3.05) is 39.8 Å². The van der Waals surface area contributed by atoms with E-state index in [2.05, 4.69) is 10.6 Å². The molecule has 0 spiro atoms. The summed E-state index contributed by atoms with van der Waals surface area (Å²) < 4.78 is 0. The fourth-order valence-electron chi connectivity index (χ4n) is 1.39. The van der Waals surface area contributed by atoms with Crippen molar-refractivity contribution >= 4 is 5.91 Å². The van der Waals surface area contributed by atoms with Crippen LogP contribution in [0.15, 0.2) is 0 Å². The van der Waals surface area contributed by atoms with Gasteiger partial charge in [0.15, 0.2) is 0 Å². The van der Waals surface area contributed by atoms with Gasteiger partial charge in [-0.25, -0.2) is 0 Å². The molecule has 2 N–H and O–H groups in total. The van der Waals surface area contributed by atoms with Crippen molar-refractivity contribution in [3.63, 3.8) is 0 Å². The Balaban J connectivity index is 0.000000132. The SMILES string of the molecule is C1CNCCN1.CN1CCCC1=O. The lowest BCUT2D eigenvalue weighted by Gasteiger charge is -2.11. The maximum atomic E-state index is 10.5. The van der Waals surface area contributed by atoms with E-state index in [1.54, 1.807) is 4.90 Å². The highest BCUT2D eigenvalue weighted by molar-refractivity contribution is 5.77. The fourth-order valence-corrected chi connectivity index (χ4v) is 1.39. The summed E-state index contributed by atoms with van der Waals surface area (Å²) in [4.78, 5) is 12.3. The van der Waals surface area contributed by atoms with Crippen LogP contribution in [0.3, 0.4) is 0 Å². The minimum absolute atomic E-state index is 0.292. The Kier molecular flexibility index (Phi) is 4.78. The van der Waals surface area contributed by atoms with Crippen molar-refractivity contribution in [2.24, 2.45) is 0 Å². The molecule has 0 saturated carbocycles. The van der Waals surface area contributed by atoms with Crippen LogP contribution in [0.2, 0.25) is 0 Å². The van der Waals surface area contributed by atoms with Crippen LogP contribution in [0.25, 0.3) is 0 Å². The van der Waals surface area contributed by atoms with Crippen LogP contribution < -0.4 is 10.6 Å². The molecule has 0 unspecified atom stereocenters. The number of carbonyl (C=O) groups excluding carboxylic acids is 1. The van der Waals surface area contributed by atoms with E-state index in [-0.39, 0.29) is 0 Å². The molecule has 0 atom stereocenters. The molecule has 0 bridgehead atoms. The van der Waals surface area contributed by atoms with Gasteiger partial charge in [-0.1, -0.05) is 0 Å². The second-order valence-corrected chi connectivity index (χ2v) is 3.42. The highest BCUT2D eigenvalue weighted by Gasteiger charge is 2.14. The number of amides is 1. The van der Waals surface area contributed by atoms with Crippen molar-refractivity contribution in [1.29, 1.82) is 0 Å². The highest BCUT2D eigenvalue weighted by Crippen LogP contribution is 2.04. The zero-order chi connectivity index (χ0) is 9.52. The average molecular weight is 185 g/mol. The third kappa shape index (κ3) is 4.24. The number of likely N-dealkylation sites (tertiary alicyclic amines) is 1. The molecule has 1 amide bonds. The second-order valence-electron chi connectivity index (χ2n) is 3.42. The molecule has 0 aliphatic carbocycles. The summed E-state index contributed by atoms with van der Waals surface area (Å²) in [5.41, 5.74) is 0. The molecule has 0 radical (unpaired) electrons. The van der Waals surface area contributed by atoms with Gasteiger partial charge in [0.2, 0.25) is 5.91 Å². The van der Waals surface area contributed by atoms with Gasteiger partial charge in [-0.2, -0.15) is 0 Å². The van der Waals surface area contributed by atoms with Crippen LogP contribution in [0.1, 0.15) is 12.8 Å². The third-order valence-electron chi connectivity index (χ3n) is 2.27. The molecule has 0 aromatic carbocycles.